The number of nitrogens with zero attached hydrogens (tertiary/aromatic N) is 4. The van der Waals surface area contributed by atoms with Gasteiger partial charge < -0.3 is 20.3 Å². The molecule has 1 saturated carbocycles. The Morgan fingerprint density at radius 1 is 1.27 bits per heavy atom. The average Bonchev–Trinajstić information content (AvgIpc) is 3.48. The number of anilines is 1. The minimum atomic E-state index is 0. The number of ether oxygens (including phenoxy) is 1. The summed E-state index contributed by atoms with van der Waals surface area (Å²) in [5, 5.41) is 11.4. The molecule has 2 aliphatic rings. The van der Waals surface area contributed by atoms with Gasteiger partial charge in [0.25, 0.3) is 0 Å². The Balaban J connectivity index is 0.00000256. The van der Waals surface area contributed by atoms with Crippen molar-refractivity contribution in [2.75, 3.05) is 31.6 Å². The van der Waals surface area contributed by atoms with Gasteiger partial charge in [-0.2, -0.15) is 5.10 Å². The van der Waals surface area contributed by atoms with Gasteiger partial charge in [-0.1, -0.05) is 18.2 Å². The van der Waals surface area contributed by atoms with Gasteiger partial charge in [0.05, 0.1) is 18.5 Å². The summed E-state index contributed by atoms with van der Waals surface area (Å²) in [6.45, 7) is 3.55. The molecule has 2 fully saturated rings. The van der Waals surface area contributed by atoms with Crippen LogP contribution in [0.5, 0.6) is 5.75 Å². The first-order chi connectivity index (χ1) is 14.2. The molecule has 2 heterocycles. The summed E-state index contributed by atoms with van der Waals surface area (Å²) in [5.74, 6) is 2.56. The molecule has 164 valence electrons. The monoisotopic (exact) mass is 524 g/mol. The first-order valence-electron chi connectivity index (χ1n) is 10.6. The van der Waals surface area contributed by atoms with Gasteiger partial charge in [-0.3, -0.25) is 9.67 Å². The van der Waals surface area contributed by atoms with E-state index in [4.69, 9.17) is 4.74 Å². The van der Waals surface area contributed by atoms with Crippen molar-refractivity contribution < 1.29 is 4.74 Å². The van der Waals surface area contributed by atoms with E-state index in [-0.39, 0.29) is 24.0 Å². The summed E-state index contributed by atoms with van der Waals surface area (Å²) < 4.78 is 7.88. The first kappa shape index (κ1) is 22.7. The van der Waals surface area contributed by atoms with E-state index >= 15 is 0 Å². The number of hydrogen-bond acceptors (Lipinski definition) is 4. The van der Waals surface area contributed by atoms with E-state index in [2.05, 4.69) is 50.0 Å². The quantitative estimate of drug-likeness (QED) is 0.331. The number of halogens is 1. The molecule has 2 aromatic rings. The minimum Gasteiger partial charge on any atom is -0.493 e. The normalized spacial score (nSPS) is 19.2. The zero-order chi connectivity index (χ0) is 20.1. The lowest BCUT2D eigenvalue weighted by Crippen LogP contribution is -2.51. The van der Waals surface area contributed by atoms with Gasteiger partial charge in [-0.25, -0.2) is 0 Å². The van der Waals surface area contributed by atoms with Gasteiger partial charge in [-0.05, 0) is 37.7 Å². The lowest BCUT2D eigenvalue weighted by molar-refractivity contribution is 0.296. The number of aryl methyl sites for hydroxylation is 1. The fourth-order valence-corrected chi connectivity index (χ4v) is 3.75. The van der Waals surface area contributed by atoms with E-state index in [1.807, 2.05) is 31.0 Å². The smallest absolute Gasteiger partial charge is 0.191 e. The predicted molar refractivity (Wildman–Crippen MR) is 132 cm³/mol. The molecule has 2 N–H and O–H groups in total. The van der Waals surface area contributed by atoms with Crippen molar-refractivity contribution in [1.29, 1.82) is 0 Å². The van der Waals surface area contributed by atoms with Crippen LogP contribution >= 0.6 is 24.0 Å². The minimum absolute atomic E-state index is 0. The molecule has 7 nitrogen and oxygen atoms in total. The molecule has 1 aliphatic carbocycles. The van der Waals surface area contributed by atoms with Crippen LogP contribution in [0, 0.1) is 5.92 Å². The molecule has 0 bridgehead atoms. The number of aromatic nitrogens is 2. The number of hydrogen-bond donors (Lipinski definition) is 2. The maximum Gasteiger partial charge on any atom is 0.191 e. The van der Waals surface area contributed by atoms with Crippen LogP contribution < -0.4 is 20.3 Å². The fourth-order valence-electron chi connectivity index (χ4n) is 3.75. The van der Waals surface area contributed by atoms with Crippen LogP contribution in [0.2, 0.25) is 0 Å². The van der Waals surface area contributed by atoms with Crippen LogP contribution in [0.15, 0.2) is 41.7 Å². The topological polar surface area (TPSA) is 66.7 Å². The SMILES string of the molecule is CN=C(NCc1ccccc1OCC1CC1)NC1CCCN(c2cnn(C)c2)C1.I. The van der Waals surface area contributed by atoms with Gasteiger partial charge in [-0.15, -0.1) is 24.0 Å². The number of benzene rings is 1. The Morgan fingerprint density at radius 2 is 2.10 bits per heavy atom. The number of guanidine groups is 1. The van der Waals surface area contributed by atoms with E-state index in [0.29, 0.717) is 12.6 Å². The standard InChI is InChI=1S/C22H32N6O.HI/c1-23-22(24-12-18-6-3-4-8-21(18)29-16-17-9-10-17)26-19-7-5-11-28(14-19)20-13-25-27(2)15-20;/h3-4,6,8,13,15,17,19H,5,7,9-12,14,16H2,1-2H3,(H2,23,24,26);1H. The zero-order valence-corrected chi connectivity index (χ0v) is 20.2. The third kappa shape index (κ3) is 6.26. The third-order valence-electron chi connectivity index (χ3n) is 5.63. The summed E-state index contributed by atoms with van der Waals surface area (Å²) in [6.07, 6.45) is 8.91. The maximum atomic E-state index is 6.03. The Morgan fingerprint density at radius 3 is 2.83 bits per heavy atom. The Labute approximate surface area is 196 Å². The van der Waals surface area contributed by atoms with Crippen LogP contribution in [-0.2, 0) is 13.6 Å². The molecule has 1 atom stereocenters. The van der Waals surface area contributed by atoms with E-state index < -0.39 is 0 Å². The van der Waals surface area contributed by atoms with Gasteiger partial charge in [0.1, 0.15) is 5.75 Å². The third-order valence-corrected chi connectivity index (χ3v) is 5.63. The summed E-state index contributed by atoms with van der Waals surface area (Å²) in [6, 6.07) is 8.63. The molecule has 1 aromatic heterocycles. The lowest BCUT2D eigenvalue weighted by atomic mass is 10.1. The Kier molecular flexibility index (Phi) is 8.24. The number of nitrogens with one attached hydrogen (secondary N) is 2. The van der Waals surface area contributed by atoms with Gasteiger partial charge in [0.15, 0.2) is 5.96 Å². The van der Waals surface area contributed by atoms with E-state index in [9.17, 15) is 0 Å². The number of piperidine rings is 1. The zero-order valence-electron chi connectivity index (χ0n) is 17.9. The molecule has 30 heavy (non-hydrogen) atoms. The second-order valence-corrected chi connectivity index (χ2v) is 8.09. The highest BCUT2D eigenvalue weighted by atomic mass is 127. The molecule has 1 saturated heterocycles. The van der Waals surface area contributed by atoms with Gasteiger partial charge in [0, 0.05) is 51.5 Å². The molecule has 4 rings (SSSR count). The fraction of sp³-hybridized carbons (Fsp3) is 0.545. The first-order valence-corrected chi connectivity index (χ1v) is 10.6. The molecular formula is C22H33IN6O. The van der Waals surface area contributed by atoms with E-state index in [1.165, 1.54) is 18.5 Å². The van der Waals surface area contributed by atoms with Gasteiger partial charge >= 0.3 is 0 Å². The van der Waals surface area contributed by atoms with Gasteiger partial charge in [0.2, 0.25) is 0 Å². The Hall–Kier alpha value is -1.97. The van der Waals surface area contributed by atoms with E-state index in [1.54, 1.807) is 0 Å². The molecular weight excluding hydrogens is 491 g/mol. The molecule has 0 radical (unpaired) electrons. The molecule has 0 amide bonds. The van der Waals surface area contributed by atoms with Crippen LogP contribution in [0.25, 0.3) is 0 Å². The van der Waals surface area contributed by atoms with Crippen molar-refractivity contribution in [3.63, 3.8) is 0 Å². The molecule has 0 spiro atoms. The van der Waals surface area contributed by atoms with Crippen molar-refractivity contribution in [1.82, 2.24) is 20.4 Å². The Bertz CT molecular complexity index is 835. The molecule has 1 aliphatic heterocycles. The number of para-hydroxylation sites is 1. The van der Waals surface area contributed by atoms with Crippen molar-refractivity contribution in [3.05, 3.63) is 42.2 Å². The maximum absolute atomic E-state index is 6.03. The number of rotatable bonds is 7. The van der Waals surface area contributed by atoms with Crippen LogP contribution in [-0.4, -0.2) is 48.5 Å². The van der Waals surface area contributed by atoms with Crippen molar-refractivity contribution in [2.24, 2.45) is 18.0 Å². The van der Waals surface area contributed by atoms with Crippen molar-refractivity contribution in [3.8, 4) is 5.75 Å². The lowest BCUT2D eigenvalue weighted by Gasteiger charge is -2.34. The number of aliphatic imine (C=N–C) groups is 1. The second-order valence-electron chi connectivity index (χ2n) is 8.09. The largest absolute Gasteiger partial charge is 0.493 e. The molecule has 1 unspecified atom stereocenters. The molecule has 1 aromatic carbocycles. The van der Waals surface area contributed by atoms with Crippen LogP contribution in [0.1, 0.15) is 31.2 Å². The highest BCUT2D eigenvalue weighted by molar-refractivity contribution is 14.0. The average molecular weight is 524 g/mol. The summed E-state index contributed by atoms with van der Waals surface area (Å²) in [5.41, 5.74) is 2.35. The van der Waals surface area contributed by atoms with Crippen molar-refractivity contribution in [2.45, 2.75) is 38.3 Å². The highest BCUT2D eigenvalue weighted by Crippen LogP contribution is 2.30. The summed E-state index contributed by atoms with van der Waals surface area (Å²) >= 11 is 0. The van der Waals surface area contributed by atoms with Crippen LogP contribution in [0.3, 0.4) is 0 Å². The predicted octanol–water partition coefficient (Wildman–Crippen LogP) is 3.16. The van der Waals surface area contributed by atoms with Crippen molar-refractivity contribution >= 4 is 35.6 Å². The highest BCUT2D eigenvalue weighted by Gasteiger charge is 2.23. The summed E-state index contributed by atoms with van der Waals surface area (Å²) in [7, 11) is 3.79. The van der Waals surface area contributed by atoms with Crippen LogP contribution in [0.4, 0.5) is 5.69 Å². The second kappa shape index (κ2) is 10.9. The summed E-state index contributed by atoms with van der Waals surface area (Å²) in [4.78, 5) is 6.82. The van der Waals surface area contributed by atoms with E-state index in [0.717, 1.165) is 55.7 Å². The molecule has 8 heteroatoms.